The van der Waals surface area contributed by atoms with Gasteiger partial charge in [-0.1, -0.05) is 0 Å². The summed E-state index contributed by atoms with van der Waals surface area (Å²) in [5.74, 6) is -0.224. The molecule has 1 aliphatic rings. The number of carbonyl (C=O) groups excluding carboxylic acids is 2. The van der Waals surface area contributed by atoms with E-state index in [4.69, 9.17) is 0 Å². The Morgan fingerprint density at radius 1 is 1.33 bits per heavy atom. The zero-order valence-electron chi connectivity index (χ0n) is 7.81. The molecule has 0 atom stereocenters. The third-order valence-electron chi connectivity index (χ3n) is 2.36. The minimum Gasteiger partial charge on any atom is -0.353 e. The Morgan fingerprint density at radius 3 is 2.17 bits per heavy atom. The normalized spacial score (nSPS) is 17.2. The Bertz CT molecular complexity index is 217. The van der Waals surface area contributed by atoms with Crippen molar-refractivity contribution in [3.8, 4) is 0 Å². The number of hydrogen-bond acceptors (Lipinski definition) is 2. The maximum absolute atomic E-state index is 11.4. The van der Waals surface area contributed by atoms with Crippen molar-refractivity contribution < 1.29 is 9.59 Å². The number of rotatable bonds is 3. The number of carbonyl (C=O) groups is 2. The van der Waals surface area contributed by atoms with Gasteiger partial charge in [0.15, 0.2) is 0 Å². The Labute approximate surface area is 72.5 Å². The van der Waals surface area contributed by atoms with Gasteiger partial charge in [-0.05, 0) is 33.6 Å². The average Bonchev–Trinajstić information content (AvgIpc) is 2.71. The summed E-state index contributed by atoms with van der Waals surface area (Å²) >= 11 is 0. The fourth-order valence-corrected chi connectivity index (χ4v) is 0.753. The van der Waals surface area contributed by atoms with Gasteiger partial charge in [-0.15, -0.1) is 0 Å². The van der Waals surface area contributed by atoms with Crippen molar-refractivity contribution in [2.45, 2.75) is 39.7 Å². The van der Waals surface area contributed by atoms with Crippen LogP contribution in [0.4, 0.5) is 0 Å². The molecule has 1 rings (SSSR count). The van der Waals surface area contributed by atoms with Crippen molar-refractivity contribution >= 4 is 11.7 Å². The van der Waals surface area contributed by atoms with Crippen LogP contribution in [0.3, 0.4) is 0 Å². The van der Waals surface area contributed by atoms with Gasteiger partial charge in [-0.25, -0.2) is 0 Å². The van der Waals surface area contributed by atoms with Crippen LogP contribution in [0.5, 0.6) is 0 Å². The summed E-state index contributed by atoms with van der Waals surface area (Å²) in [5.41, 5.74) is -0.859. The minimum atomic E-state index is -0.859. The molecule has 0 aromatic rings. The third-order valence-corrected chi connectivity index (χ3v) is 2.36. The molecule has 1 amide bonds. The van der Waals surface area contributed by atoms with Crippen molar-refractivity contribution in [1.82, 2.24) is 5.32 Å². The Hall–Kier alpha value is -0.860. The van der Waals surface area contributed by atoms with Crippen molar-refractivity contribution in [1.29, 1.82) is 0 Å². The van der Waals surface area contributed by atoms with E-state index in [1.54, 1.807) is 13.8 Å². The summed E-state index contributed by atoms with van der Waals surface area (Å²) in [6, 6.07) is 0.330. The predicted octanol–water partition coefficient (Wildman–Crippen LogP) is 0.880. The highest BCUT2D eigenvalue weighted by atomic mass is 16.2. The molecule has 1 N–H and O–H groups in total. The second-order valence-electron chi connectivity index (χ2n) is 3.93. The molecule has 3 nitrogen and oxygen atoms in total. The van der Waals surface area contributed by atoms with Crippen LogP contribution >= 0.6 is 0 Å². The molecule has 1 fully saturated rings. The molecule has 0 aliphatic heterocycles. The van der Waals surface area contributed by atoms with E-state index in [0.717, 1.165) is 12.8 Å². The van der Waals surface area contributed by atoms with Gasteiger partial charge in [-0.3, -0.25) is 9.59 Å². The third kappa shape index (κ3) is 1.84. The van der Waals surface area contributed by atoms with E-state index in [-0.39, 0.29) is 11.7 Å². The topological polar surface area (TPSA) is 46.2 Å². The number of hydrogen-bond donors (Lipinski definition) is 1. The maximum atomic E-state index is 11.4. The number of nitrogens with one attached hydrogen (secondary N) is 1. The highest BCUT2D eigenvalue weighted by Crippen LogP contribution is 2.23. The lowest BCUT2D eigenvalue weighted by molar-refractivity contribution is -0.138. The van der Waals surface area contributed by atoms with Gasteiger partial charge in [0.25, 0.3) is 0 Å². The van der Waals surface area contributed by atoms with Crippen molar-refractivity contribution in [2.75, 3.05) is 0 Å². The highest BCUT2D eigenvalue weighted by molar-refractivity contribution is 6.04. The van der Waals surface area contributed by atoms with Gasteiger partial charge in [-0.2, -0.15) is 0 Å². The van der Waals surface area contributed by atoms with Crippen LogP contribution in [-0.2, 0) is 9.59 Å². The molecular formula is C9H15NO2. The van der Waals surface area contributed by atoms with Gasteiger partial charge >= 0.3 is 0 Å². The average molecular weight is 169 g/mol. The van der Waals surface area contributed by atoms with Crippen LogP contribution in [-0.4, -0.2) is 17.7 Å². The van der Waals surface area contributed by atoms with E-state index >= 15 is 0 Å². The van der Waals surface area contributed by atoms with Crippen molar-refractivity contribution in [3.63, 3.8) is 0 Å². The van der Waals surface area contributed by atoms with Gasteiger partial charge in [0.2, 0.25) is 5.91 Å². The number of Topliss-reactive ketones (excluding diaryl/α,β-unsaturated/α-hetero) is 1. The molecule has 0 aromatic heterocycles. The molecular weight excluding hydrogens is 154 g/mol. The van der Waals surface area contributed by atoms with Crippen LogP contribution in [0.1, 0.15) is 33.6 Å². The van der Waals surface area contributed by atoms with E-state index < -0.39 is 5.41 Å². The molecule has 3 heteroatoms. The molecule has 0 radical (unpaired) electrons. The SMILES string of the molecule is CC(=O)C(C)(C)C(=O)NC1CC1. The smallest absolute Gasteiger partial charge is 0.233 e. The quantitative estimate of drug-likeness (QED) is 0.637. The molecule has 0 unspecified atom stereocenters. The maximum Gasteiger partial charge on any atom is 0.233 e. The summed E-state index contributed by atoms with van der Waals surface area (Å²) in [4.78, 5) is 22.5. The summed E-state index contributed by atoms with van der Waals surface area (Å²) < 4.78 is 0. The number of ketones is 1. The molecule has 1 saturated carbocycles. The fraction of sp³-hybridized carbons (Fsp3) is 0.778. The second kappa shape index (κ2) is 2.88. The standard InChI is InChI=1S/C9H15NO2/c1-6(11)9(2,3)8(12)10-7-4-5-7/h7H,4-5H2,1-3H3,(H,10,12). The fourth-order valence-electron chi connectivity index (χ4n) is 0.753. The van der Waals surface area contributed by atoms with E-state index in [1.165, 1.54) is 6.92 Å². The van der Waals surface area contributed by atoms with Crippen LogP contribution in [0.2, 0.25) is 0 Å². The molecule has 0 aromatic carbocycles. The summed E-state index contributed by atoms with van der Waals surface area (Å²) in [6.07, 6.45) is 2.11. The lowest BCUT2D eigenvalue weighted by Crippen LogP contribution is -2.42. The van der Waals surface area contributed by atoms with Crippen LogP contribution in [0, 0.1) is 5.41 Å². The van der Waals surface area contributed by atoms with Crippen molar-refractivity contribution in [3.05, 3.63) is 0 Å². The van der Waals surface area contributed by atoms with Gasteiger partial charge in [0.1, 0.15) is 11.2 Å². The highest BCUT2D eigenvalue weighted by Gasteiger charge is 2.35. The Kier molecular flexibility index (Phi) is 2.22. The van der Waals surface area contributed by atoms with Gasteiger partial charge in [0.05, 0.1) is 0 Å². The minimum absolute atomic E-state index is 0.0827. The second-order valence-corrected chi connectivity index (χ2v) is 3.93. The van der Waals surface area contributed by atoms with Crippen molar-refractivity contribution in [2.24, 2.45) is 5.41 Å². The largest absolute Gasteiger partial charge is 0.353 e. The van der Waals surface area contributed by atoms with E-state index in [1.807, 2.05) is 0 Å². The molecule has 12 heavy (non-hydrogen) atoms. The lowest BCUT2D eigenvalue weighted by atomic mass is 9.88. The summed E-state index contributed by atoms with van der Waals surface area (Å²) in [7, 11) is 0. The molecule has 0 spiro atoms. The molecule has 1 aliphatic carbocycles. The van der Waals surface area contributed by atoms with Gasteiger partial charge < -0.3 is 5.32 Å². The Balaban J connectivity index is 2.53. The molecule has 0 heterocycles. The first-order valence-corrected chi connectivity index (χ1v) is 4.26. The summed E-state index contributed by atoms with van der Waals surface area (Å²) in [6.45, 7) is 4.77. The van der Waals surface area contributed by atoms with Gasteiger partial charge in [0, 0.05) is 6.04 Å². The predicted molar refractivity (Wildman–Crippen MR) is 45.6 cm³/mol. The monoisotopic (exact) mass is 169 g/mol. The summed E-state index contributed by atoms with van der Waals surface area (Å²) in [5, 5.41) is 2.82. The van der Waals surface area contributed by atoms with Crippen LogP contribution in [0.15, 0.2) is 0 Å². The van der Waals surface area contributed by atoms with E-state index in [9.17, 15) is 9.59 Å². The first-order valence-electron chi connectivity index (χ1n) is 4.26. The number of amides is 1. The Morgan fingerprint density at radius 2 is 1.83 bits per heavy atom. The van der Waals surface area contributed by atoms with E-state index in [2.05, 4.69) is 5.32 Å². The molecule has 0 bridgehead atoms. The van der Waals surface area contributed by atoms with Crippen LogP contribution in [0.25, 0.3) is 0 Å². The zero-order valence-corrected chi connectivity index (χ0v) is 7.81. The first kappa shape index (κ1) is 9.23. The van der Waals surface area contributed by atoms with E-state index in [0.29, 0.717) is 6.04 Å². The molecule has 0 saturated heterocycles. The first-order chi connectivity index (χ1) is 5.44. The molecule has 68 valence electrons. The van der Waals surface area contributed by atoms with Crippen LogP contribution < -0.4 is 5.32 Å². The lowest BCUT2D eigenvalue weighted by Gasteiger charge is -2.19. The zero-order chi connectivity index (χ0) is 9.35.